The van der Waals surface area contributed by atoms with Crippen molar-refractivity contribution in [2.75, 3.05) is 11.4 Å². The Morgan fingerprint density at radius 1 is 1.40 bits per heavy atom. The van der Waals surface area contributed by atoms with Crippen molar-refractivity contribution in [3.05, 3.63) is 21.8 Å². The van der Waals surface area contributed by atoms with Gasteiger partial charge in [0.25, 0.3) is 0 Å². The summed E-state index contributed by atoms with van der Waals surface area (Å²) in [4.78, 5) is 7.00. The van der Waals surface area contributed by atoms with Gasteiger partial charge in [-0.2, -0.15) is 0 Å². The Hall–Kier alpha value is -0.320. The summed E-state index contributed by atoms with van der Waals surface area (Å²) >= 11 is 9.85. The number of piperidine rings is 1. The molecule has 0 aromatic carbocycles. The van der Waals surface area contributed by atoms with Crippen LogP contribution in [0.4, 0.5) is 5.82 Å². The van der Waals surface area contributed by atoms with E-state index in [1.54, 1.807) is 0 Å². The lowest BCUT2D eigenvalue weighted by Gasteiger charge is -2.38. The Bertz CT molecular complexity index is 470. The number of rotatable bonds is 4. The summed E-state index contributed by atoms with van der Waals surface area (Å²) in [6.45, 7) is 3.24. The predicted octanol–water partition coefficient (Wildman–Crippen LogP) is 4.00. The Kier molecular flexibility index (Phi) is 4.53. The molecule has 0 aliphatic carbocycles. The third-order valence-corrected chi connectivity index (χ3v) is 5.13. The van der Waals surface area contributed by atoms with Crippen LogP contribution in [0.2, 0.25) is 5.02 Å². The standard InChI is InChI=1S/C15H21BrClN3/c1-2-5-20(15-14(17)6-10(16)9-18-15)13-7-11-3-4-12(8-13)19-11/h6,9,11-13,19H,2-5,7-8H2,1H3. The third-order valence-electron chi connectivity index (χ3n) is 4.41. The summed E-state index contributed by atoms with van der Waals surface area (Å²) in [6, 6.07) is 3.89. The van der Waals surface area contributed by atoms with Gasteiger partial charge in [-0.1, -0.05) is 18.5 Å². The molecular weight excluding hydrogens is 338 g/mol. The summed E-state index contributed by atoms with van der Waals surface area (Å²) in [5, 5.41) is 4.45. The zero-order chi connectivity index (χ0) is 14.1. The first-order valence-corrected chi connectivity index (χ1v) is 8.68. The van der Waals surface area contributed by atoms with Crippen molar-refractivity contribution in [3.63, 3.8) is 0 Å². The second kappa shape index (κ2) is 6.20. The Balaban J connectivity index is 1.84. The molecule has 20 heavy (non-hydrogen) atoms. The molecule has 2 atom stereocenters. The molecule has 2 unspecified atom stereocenters. The van der Waals surface area contributed by atoms with Crippen LogP contribution < -0.4 is 10.2 Å². The van der Waals surface area contributed by atoms with E-state index in [0.29, 0.717) is 18.1 Å². The van der Waals surface area contributed by atoms with Crippen molar-refractivity contribution in [2.24, 2.45) is 0 Å². The van der Waals surface area contributed by atoms with E-state index in [1.165, 1.54) is 25.7 Å². The summed E-state index contributed by atoms with van der Waals surface area (Å²) in [5.41, 5.74) is 0. The van der Waals surface area contributed by atoms with E-state index >= 15 is 0 Å². The molecule has 1 N–H and O–H groups in total. The van der Waals surface area contributed by atoms with Crippen LogP contribution in [0, 0.1) is 0 Å². The van der Waals surface area contributed by atoms with E-state index in [1.807, 2.05) is 12.3 Å². The number of pyridine rings is 1. The minimum absolute atomic E-state index is 0.569. The highest BCUT2D eigenvalue weighted by Gasteiger charge is 2.36. The van der Waals surface area contributed by atoms with Crippen LogP contribution in [0.3, 0.4) is 0 Å². The average molecular weight is 359 g/mol. The zero-order valence-electron chi connectivity index (χ0n) is 11.8. The van der Waals surface area contributed by atoms with Gasteiger partial charge in [0.15, 0.2) is 0 Å². The Morgan fingerprint density at radius 2 is 2.10 bits per heavy atom. The first-order valence-electron chi connectivity index (χ1n) is 7.51. The van der Waals surface area contributed by atoms with Crippen molar-refractivity contribution in [1.29, 1.82) is 0 Å². The van der Waals surface area contributed by atoms with Gasteiger partial charge in [0, 0.05) is 35.3 Å². The topological polar surface area (TPSA) is 28.2 Å². The monoisotopic (exact) mass is 357 g/mol. The van der Waals surface area contributed by atoms with Gasteiger partial charge < -0.3 is 10.2 Å². The second-order valence-corrected chi connectivity index (χ2v) is 7.24. The number of nitrogens with zero attached hydrogens (tertiary/aromatic N) is 2. The summed E-state index contributed by atoms with van der Waals surface area (Å²) in [7, 11) is 0. The minimum Gasteiger partial charge on any atom is -0.352 e. The summed E-state index contributed by atoms with van der Waals surface area (Å²) < 4.78 is 0.938. The van der Waals surface area contributed by atoms with Crippen molar-refractivity contribution < 1.29 is 0 Å². The van der Waals surface area contributed by atoms with E-state index in [-0.39, 0.29) is 0 Å². The number of halogens is 2. The zero-order valence-corrected chi connectivity index (χ0v) is 14.1. The molecule has 2 bridgehead atoms. The lowest BCUT2D eigenvalue weighted by atomic mass is 9.98. The lowest BCUT2D eigenvalue weighted by molar-refractivity contribution is 0.345. The van der Waals surface area contributed by atoms with Gasteiger partial charge in [-0.05, 0) is 54.1 Å². The highest BCUT2D eigenvalue weighted by Crippen LogP contribution is 2.34. The van der Waals surface area contributed by atoms with Gasteiger partial charge in [0.1, 0.15) is 5.82 Å². The molecule has 5 heteroatoms. The smallest absolute Gasteiger partial charge is 0.147 e. The maximum Gasteiger partial charge on any atom is 0.147 e. The van der Waals surface area contributed by atoms with Crippen LogP contribution in [-0.4, -0.2) is 29.7 Å². The van der Waals surface area contributed by atoms with E-state index in [9.17, 15) is 0 Å². The van der Waals surface area contributed by atoms with Crippen LogP contribution in [-0.2, 0) is 0 Å². The maximum atomic E-state index is 6.42. The fraction of sp³-hybridized carbons (Fsp3) is 0.667. The molecule has 1 aromatic heterocycles. The van der Waals surface area contributed by atoms with Crippen molar-refractivity contribution in [1.82, 2.24) is 10.3 Å². The molecule has 0 spiro atoms. The number of fused-ring (bicyclic) bond motifs is 2. The van der Waals surface area contributed by atoms with Crippen LogP contribution in [0.15, 0.2) is 16.7 Å². The molecule has 2 aliphatic heterocycles. The van der Waals surface area contributed by atoms with Crippen molar-refractivity contribution >= 4 is 33.3 Å². The Morgan fingerprint density at radius 3 is 2.70 bits per heavy atom. The van der Waals surface area contributed by atoms with Gasteiger partial charge in [0.05, 0.1) is 5.02 Å². The molecule has 0 amide bonds. The number of hydrogen-bond donors (Lipinski definition) is 1. The van der Waals surface area contributed by atoms with E-state index in [4.69, 9.17) is 11.6 Å². The molecular formula is C15H21BrClN3. The summed E-state index contributed by atoms with van der Waals surface area (Å²) in [6.07, 6.45) is 8.04. The van der Waals surface area contributed by atoms with Gasteiger partial charge in [-0.3, -0.25) is 0 Å². The molecule has 3 nitrogen and oxygen atoms in total. The number of hydrogen-bond acceptors (Lipinski definition) is 3. The maximum absolute atomic E-state index is 6.42. The fourth-order valence-corrected chi connectivity index (χ4v) is 4.34. The molecule has 3 heterocycles. The summed E-state index contributed by atoms with van der Waals surface area (Å²) in [5.74, 6) is 0.947. The largest absolute Gasteiger partial charge is 0.352 e. The van der Waals surface area contributed by atoms with Crippen LogP contribution >= 0.6 is 27.5 Å². The minimum atomic E-state index is 0.569. The molecule has 0 radical (unpaired) electrons. The van der Waals surface area contributed by atoms with E-state index < -0.39 is 0 Å². The SMILES string of the molecule is CCCN(c1ncc(Br)cc1Cl)C1CC2CCC(C1)N2. The number of aromatic nitrogens is 1. The van der Waals surface area contributed by atoms with Gasteiger partial charge >= 0.3 is 0 Å². The van der Waals surface area contributed by atoms with Gasteiger partial charge in [-0.25, -0.2) is 4.98 Å². The van der Waals surface area contributed by atoms with Gasteiger partial charge in [-0.15, -0.1) is 0 Å². The molecule has 1 aromatic rings. The highest BCUT2D eigenvalue weighted by molar-refractivity contribution is 9.10. The van der Waals surface area contributed by atoms with E-state index in [2.05, 4.69) is 38.1 Å². The highest BCUT2D eigenvalue weighted by atomic mass is 79.9. The molecule has 2 saturated heterocycles. The quantitative estimate of drug-likeness (QED) is 0.882. The molecule has 0 saturated carbocycles. The first-order chi connectivity index (χ1) is 9.67. The van der Waals surface area contributed by atoms with E-state index in [0.717, 1.165) is 28.3 Å². The number of anilines is 1. The van der Waals surface area contributed by atoms with Crippen molar-refractivity contribution in [3.8, 4) is 0 Å². The molecule has 2 aliphatic rings. The van der Waals surface area contributed by atoms with Crippen molar-refractivity contribution in [2.45, 2.75) is 57.2 Å². The second-order valence-electron chi connectivity index (χ2n) is 5.92. The molecule has 110 valence electrons. The molecule has 3 rings (SSSR count). The first kappa shape index (κ1) is 14.6. The average Bonchev–Trinajstić information content (AvgIpc) is 2.76. The van der Waals surface area contributed by atoms with Crippen LogP contribution in [0.1, 0.15) is 39.0 Å². The van der Waals surface area contributed by atoms with Crippen LogP contribution in [0.5, 0.6) is 0 Å². The molecule has 2 fully saturated rings. The lowest BCUT2D eigenvalue weighted by Crippen LogP contribution is -2.49. The Labute approximate surface area is 134 Å². The van der Waals surface area contributed by atoms with Crippen LogP contribution in [0.25, 0.3) is 0 Å². The third kappa shape index (κ3) is 2.97. The van der Waals surface area contributed by atoms with Gasteiger partial charge in [0.2, 0.25) is 0 Å². The number of nitrogens with one attached hydrogen (secondary N) is 1. The fourth-order valence-electron chi connectivity index (χ4n) is 3.60. The predicted molar refractivity (Wildman–Crippen MR) is 87.6 cm³/mol. The normalized spacial score (nSPS) is 28.6.